The Labute approximate surface area is 184 Å². The van der Waals surface area contributed by atoms with Crippen LogP contribution in [0.5, 0.6) is 0 Å². The molecule has 2 aromatic carbocycles. The molecular weight excluding hydrogens is 487 g/mol. The van der Waals surface area contributed by atoms with Crippen molar-refractivity contribution in [2.24, 2.45) is 0 Å². The number of nitrogens with one attached hydrogen (secondary N) is 1. The fourth-order valence-corrected chi connectivity index (χ4v) is 4.38. The number of benzene rings is 2. The summed E-state index contributed by atoms with van der Waals surface area (Å²) in [6.07, 6.45) is 0.748. The quantitative estimate of drug-likeness (QED) is 0.554. The van der Waals surface area contributed by atoms with Gasteiger partial charge in [0.15, 0.2) is 0 Å². The number of hydrogen-bond acceptors (Lipinski definition) is 3. The summed E-state index contributed by atoms with van der Waals surface area (Å²) >= 11 is 15.3. The first-order chi connectivity index (χ1) is 13.1. The van der Waals surface area contributed by atoms with Crippen molar-refractivity contribution in [1.29, 1.82) is 0 Å². The van der Waals surface area contributed by atoms with Gasteiger partial charge in [-0.15, -0.1) is 0 Å². The lowest BCUT2D eigenvalue weighted by Gasteiger charge is -2.23. The average Bonchev–Trinajstić information content (AvgIpc) is 2.64. The van der Waals surface area contributed by atoms with E-state index in [0.717, 1.165) is 15.2 Å². The number of halogens is 3. The molecule has 0 spiro atoms. The molecule has 5 nitrogen and oxygen atoms in total. The van der Waals surface area contributed by atoms with E-state index in [1.807, 2.05) is 13.8 Å². The van der Waals surface area contributed by atoms with Crippen molar-refractivity contribution in [1.82, 2.24) is 9.62 Å². The van der Waals surface area contributed by atoms with E-state index in [0.29, 0.717) is 15.6 Å². The summed E-state index contributed by atoms with van der Waals surface area (Å²) in [6, 6.07) is 11.1. The maximum Gasteiger partial charge on any atom is 0.243 e. The highest BCUT2D eigenvalue weighted by molar-refractivity contribution is 9.10. The van der Waals surface area contributed by atoms with Crippen LogP contribution in [0.1, 0.15) is 25.8 Å². The topological polar surface area (TPSA) is 66.5 Å². The van der Waals surface area contributed by atoms with Crippen LogP contribution in [-0.2, 0) is 21.4 Å². The zero-order chi connectivity index (χ0) is 20.9. The van der Waals surface area contributed by atoms with Crippen LogP contribution in [0.3, 0.4) is 0 Å². The number of nitrogens with zero attached hydrogens (tertiary/aromatic N) is 1. The molecule has 28 heavy (non-hydrogen) atoms. The largest absolute Gasteiger partial charge is 0.353 e. The summed E-state index contributed by atoms with van der Waals surface area (Å²) in [5.41, 5.74) is 0.631. The normalized spacial score (nSPS) is 12.8. The number of amides is 1. The second kappa shape index (κ2) is 10.1. The summed E-state index contributed by atoms with van der Waals surface area (Å²) in [5.74, 6) is -0.366. The van der Waals surface area contributed by atoms with Crippen molar-refractivity contribution in [2.75, 3.05) is 6.54 Å². The molecule has 0 heterocycles. The SMILES string of the molecule is CC[C@H](C)NC(=O)CN(Cc1ccc(Cl)c(Cl)c1)S(=O)(=O)c1ccc(Br)cc1. The lowest BCUT2D eigenvalue weighted by molar-refractivity contribution is -0.122. The van der Waals surface area contributed by atoms with Crippen LogP contribution in [0.2, 0.25) is 10.0 Å². The van der Waals surface area contributed by atoms with Crippen LogP contribution >= 0.6 is 39.1 Å². The minimum absolute atomic E-state index is 0.0107. The molecule has 0 fully saturated rings. The second-order valence-corrected chi connectivity index (χ2v) is 10.0. The number of sulfonamides is 1. The van der Waals surface area contributed by atoms with Gasteiger partial charge in [-0.05, 0) is 55.3 Å². The van der Waals surface area contributed by atoms with E-state index < -0.39 is 10.0 Å². The van der Waals surface area contributed by atoms with Crippen molar-refractivity contribution in [3.63, 3.8) is 0 Å². The molecule has 0 radical (unpaired) electrons. The van der Waals surface area contributed by atoms with E-state index in [1.54, 1.807) is 30.3 Å². The van der Waals surface area contributed by atoms with Crippen LogP contribution in [0.25, 0.3) is 0 Å². The van der Waals surface area contributed by atoms with Gasteiger partial charge < -0.3 is 5.32 Å². The number of hydrogen-bond donors (Lipinski definition) is 1. The van der Waals surface area contributed by atoms with Crippen molar-refractivity contribution in [3.05, 3.63) is 62.5 Å². The van der Waals surface area contributed by atoms with E-state index in [2.05, 4.69) is 21.2 Å². The van der Waals surface area contributed by atoms with Crippen molar-refractivity contribution in [2.45, 2.75) is 37.8 Å². The molecule has 0 unspecified atom stereocenters. The minimum Gasteiger partial charge on any atom is -0.353 e. The number of rotatable bonds is 8. The van der Waals surface area contributed by atoms with Gasteiger partial charge in [0.05, 0.1) is 21.5 Å². The summed E-state index contributed by atoms with van der Waals surface area (Å²) < 4.78 is 28.2. The summed E-state index contributed by atoms with van der Waals surface area (Å²) in [7, 11) is -3.90. The number of carbonyl (C=O) groups is 1. The molecule has 1 atom stereocenters. The third-order valence-electron chi connectivity index (χ3n) is 4.13. The van der Waals surface area contributed by atoms with Gasteiger partial charge in [0.1, 0.15) is 0 Å². The van der Waals surface area contributed by atoms with Gasteiger partial charge in [-0.1, -0.05) is 52.1 Å². The second-order valence-electron chi connectivity index (χ2n) is 6.35. The molecule has 0 aliphatic rings. The Hall–Kier alpha value is -1.12. The standard InChI is InChI=1S/C19H21BrCl2N2O3S/c1-3-13(2)23-19(25)12-24(11-14-4-9-17(21)18(22)10-14)28(26,27)16-7-5-15(20)6-8-16/h4-10,13H,3,11-12H2,1-2H3,(H,23,25)/t13-/m0/s1. The first kappa shape index (κ1) is 23.2. The predicted octanol–water partition coefficient (Wildman–Crippen LogP) is 4.86. The predicted molar refractivity (Wildman–Crippen MR) is 116 cm³/mol. The van der Waals surface area contributed by atoms with Crippen LogP contribution in [0.15, 0.2) is 51.8 Å². The van der Waals surface area contributed by atoms with Gasteiger partial charge in [0.2, 0.25) is 15.9 Å². The molecular formula is C19H21BrCl2N2O3S. The van der Waals surface area contributed by atoms with Gasteiger partial charge in [-0.25, -0.2) is 8.42 Å². The van der Waals surface area contributed by atoms with Crippen molar-refractivity contribution in [3.8, 4) is 0 Å². The smallest absolute Gasteiger partial charge is 0.243 e. The highest BCUT2D eigenvalue weighted by atomic mass is 79.9. The molecule has 1 N–H and O–H groups in total. The van der Waals surface area contributed by atoms with E-state index in [1.165, 1.54) is 12.1 Å². The summed E-state index contributed by atoms with van der Waals surface area (Å²) in [4.78, 5) is 12.5. The molecule has 2 aromatic rings. The molecule has 0 aromatic heterocycles. The van der Waals surface area contributed by atoms with Crippen LogP contribution in [-0.4, -0.2) is 31.2 Å². The van der Waals surface area contributed by atoms with Crippen molar-refractivity contribution >= 4 is 55.1 Å². The average molecular weight is 508 g/mol. The van der Waals surface area contributed by atoms with Gasteiger partial charge in [0.25, 0.3) is 0 Å². The maximum absolute atomic E-state index is 13.2. The molecule has 0 aliphatic heterocycles. The Morgan fingerprint density at radius 2 is 1.79 bits per heavy atom. The fourth-order valence-electron chi connectivity index (χ4n) is 2.41. The first-order valence-electron chi connectivity index (χ1n) is 8.62. The zero-order valence-corrected chi connectivity index (χ0v) is 19.4. The lowest BCUT2D eigenvalue weighted by atomic mass is 10.2. The molecule has 1 amide bonds. The molecule has 0 saturated carbocycles. The van der Waals surface area contributed by atoms with E-state index in [9.17, 15) is 13.2 Å². The Kier molecular flexibility index (Phi) is 8.33. The first-order valence-corrected chi connectivity index (χ1v) is 11.6. The molecule has 0 saturated heterocycles. The fraction of sp³-hybridized carbons (Fsp3) is 0.316. The van der Waals surface area contributed by atoms with Gasteiger partial charge >= 0.3 is 0 Å². The lowest BCUT2D eigenvalue weighted by Crippen LogP contribution is -2.43. The minimum atomic E-state index is -3.90. The Morgan fingerprint density at radius 1 is 1.14 bits per heavy atom. The van der Waals surface area contributed by atoms with Gasteiger partial charge in [-0.3, -0.25) is 4.79 Å². The van der Waals surface area contributed by atoms with E-state index in [4.69, 9.17) is 23.2 Å². The Bertz CT molecular complexity index is 937. The van der Waals surface area contributed by atoms with E-state index in [-0.39, 0.29) is 29.9 Å². The third-order valence-corrected chi connectivity index (χ3v) is 7.21. The van der Waals surface area contributed by atoms with Crippen LogP contribution in [0, 0.1) is 0 Å². The number of carbonyl (C=O) groups excluding carboxylic acids is 1. The molecule has 0 aliphatic carbocycles. The highest BCUT2D eigenvalue weighted by Gasteiger charge is 2.27. The summed E-state index contributed by atoms with van der Waals surface area (Å²) in [6.45, 7) is 3.49. The highest BCUT2D eigenvalue weighted by Crippen LogP contribution is 2.25. The summed E-state index contributed by atoms with van der Waals surface area (Å²) in [5, 5.41) is 3.50. The van der Waals surface area contributed by atoms with Crippen molar-refractivity contribution < 1.29 is 13.2 Å². The zero-order valence-electron chi connectivity index (χ0n) is 15.5. The van der Waals surface area contributed by atoms with E-state index >= 15 is 0 Å². The molecule has 2 rings (SSSR count). The monoisotopic (exact) mass is 506 g/mol. The van der Waals surface area contributed by atoms with Gasteiger partial charge in [0, 0.05) is 17.1 Å². The maximum atomic E-state index is 13.2. The Balaban J connectivity index is 2.35. The molecule has 9 heteroatoms. The molecule has 152 valence electrons. The van der Waals surface area contributed by atoms with Crippen LogP contribution in [0.4, 0.5) is 0 Å². The molecule has 0 bridgehead atoms. The van der Waals surface area contributed by atoms with Gasteiger partial charge in [-0.2, -0.15) is 4.31 Å². The van der Waals surface area contributed by atoms with Crippen LogP contribution < -0.4 is 5.32 Å². The third kappa shape index (κ3) is 6.19. The Morgan fingerprint density at radius 3 is 2.36 bits per heavy atom.